The average molecular weight is 244 g/mol. The number of anilines is 2. The minimum absolute atomic E-state index is 0.586. The Morgan fingerprint density at radius 1 is 1.53 bits per heavy atom. The molecule has 0 radical (unpaired) electrons. The number of thiazole rings is 1. The van der Waals surface area contributed by atoms with Crippen LogP contribution >= 0.6 is 11.3 Å². The first-order valence-corrected chi connectivity index (χ1v) is 6.03. The third-order valence-corrected chi connectivity index (χ3v) is 3.07. The molecule has 0 aliphatic rings. The molecule has 0 saturated carbocycles. The third kappa shape index (κ3) is 2.55. The van der Waals surface area contributed by atoms with Crippen LogP contribution in [-0.4, -0.2) is 12.0 Å². The summed E-state index contributed by atoms with van der Waals surface area (Å²) in [4.78, 5) is 6.22. The summed E-state index contributed by atoms with van der Waals surface area (Å²) in [6.45, 7) is 0.683. The number of nitrogens with two attached hydrogens (primary N) is 1. The van der Waals surface area contributed by atoms with Gasteiger partial charge in [0.05, 0.1) is 29.0 Å². The second-order valence-corrected chi connectivity index (χ2v) is 4.44. The summed E-state index contributed by atoms with van der Waals surface area (Å²) >= 11 is 1.57. The molecule has 86 valence electrons. The van der Waals surface area contributed by atoms with E-state index in [2.05, 4.69) is 11.1 Å². The van der Waals surface area contributed by atoms with Gasteiger partial charge in [-0.2, -0.15) is 5.26 Å². The van der Waals surface area contributed by atoms with Crippen molar-refractivity contribution in [1.29, 1.82) is 5.26 Å². The molecule has 2 rings (SSSR count). The van der Waals surface area contributed by atoms with Gasteiger partial charge in [0.15, 0.2) is 0 Å². The van der Waals surface area contributed by atoms with Crippen molar-refractivity contribution in [2.75, 3.05) is 17.7 Å². The van der Waals surface area contributed by atoms with Gasteiger partial charge < -0.3 is 10.6 Å². The van der Waals surface area contributed by atoms with Gasteiger partial charge in [-0.25, -0.2) is 4.98 Å². The minimum atomic E-state index is 0.586. The summed E-state index contributed by atoms with van der Waals surface area (Å²) in [5.74, 6) is 0. The Hall–Kier alpha value is -2.06. The molecule has 0 spiro atoms. The minimum Gasteiger partial charge on any atom is -0.399 e. The van der Waals surface area contributed by atoms with Gasteiger partial charge >= 0.3 is 0 Å². The molecular weight excluding hydrogens is 232 g/mol. The first-order valence-electron chi connectivity index (χ1n) is 5.08. The summed E-state index contributed by atoms with van der Waals surface area (Å²) < 4.78 is 0. The number of benzene rings is 1. The smallest absolute Gasteiger partial charge is 0.101 e. The highest BCUT2D eigenvalue weighted by Crippen LogP contribution is 2.22. The quantitative estimate of drug-likeness (QED) is 0.841. The fraction of sp³-hybridized carbons (Fsp3) is 0.167. The van der Waals surface area contributed by atoms with E-state index >= 15 is 0 Å². The van der Waals surface area contributed by atoms with E-state index < -0.39 is 0 Å². The molecule has 0 unspecified atom stereocenters. The van der Waals surface area contributed by atoms with Gasteiger partial charge in [0, 0.05) is 18.1 Å². The maximum absolute atomic E-state index is 9.07. The van der Waals surface area contributed by atoms with Crippen molar-refractivity contribution in [1.82, 2.24) is 4.98 Å². The van der Waals surface area contributed by atoms with E-state index in [1.54, 1.807) is 29.0 Å². The van der Waals surface area contributed by atoms with Crippen LogP contribution in [0.4, 0.5) is 11.4 Å². The number of nitriles is 1. The molecule has 17 heavy (non-hydrogen) atoms. The van der Waals surface area contributed by atoms with Crippen molar-refractivity contribution in [2.45, 2.75) is 6.54 Å². The summed E-state index contributed by atoms with van der Waals surface area (Å²) in [5, 5.41) is 11.1. The molecule has 2 aromatic rings. The topological polar surface area (TPSA) is 65.9 Å². The number of hydrogen-bond donors (Lipinski definition) is 1. The number of hydrogen-bond acceptors (Lipinski definition) is 5. The van der Waals surface area contributed by atoms with Crippen LogP contribution in [0, 0.1) is 11.3 Å². The fourth-order valence-corrected chi connectivity index (χ4v) is 2.17. The van der Waals surface area contributed by atoms with Crippen molar-refractivity contribution in [2.24, 2.45) is 0 Å². The molecule has 0 fully saturated rings. The van der Waals surface area contributed by atoms with Gasteiger partial charge in [-0.05, 0) is 18.2 Å². The normalized spacial score (nSPS) is 9.88. The summed E-state index contributed by atoms with van der Waals surface area (Å²) in [6, 6.07) is 7.51. The Morgan fingerprint density at radius 3 is 3.00 bits per heavy atom. The first-order chi connectivity index (χ1) is 8.20. The lowest BCUT2D eigenvalue weighted by Crippen LogP contribution is -2.17. The van der Waals surface area contributed by atoms with Crippen LogP contribution in [0.25, 0.3) is 0 Å². The molecule has 4 nitrogen and oxygen atoms in total. The Kier molecular flexibility index (Phi) is 3.26. The lowest BCUT2D eigenvalue weighted by molar-refractivity contribution is 0.893. The van der Waals surface area contributed by atoms with E-state index in [-0.39, 0.29) is 0 Å². The van der Waals surface area contributed by atoms with Crippen molar-refractivity contribution in [3.05, 3.63) is 40.3 Å². The predicted octanol–water partition coefficient (Wildman–Crippen LogP) is 2.23. The lowest BCUT2D eigenvalue weighted by Gasteiger charge is -2.19. The van der Waals surface area contributed by atoms with Crippen molar-refractivity contribution < 1.29 is 0 Å². The SMILES string of the molecule is CN(Cc1cscn1)c1ccc(N)cc1C#N. The van der Waals surface area contributed by atoms with Crippen LogP contribution in [0.1, 0.15) is 11.3 Å². The standard InChI is InChI=1S/C12H12N4S/c1-16(6-11-7-17-8-15-11)12-3-2-10(14)4-9(12)5-13/h2-4,7-8H,6,14H2,1H3. The molecule has 0 aliphatic heterocycles. The molecule has 0 bridgehead atoms. The highest BCUT2D eigenvalue weighted by molar-refractivity contribution is 7.07. The van der Waals surface area contributed by atoms with Crippen LogP contribution < -0.4 is 10.6 Å². The summed E-state index contributed by atoms with van der Waals surface area (Å²) in [5.41, 5.74) is 10.5. The highest BCUT2D eigenvalue weighted by atomic mass is 32.1. The van der Waals surface area contributed by atoms with E-state index in [0.717, 1.165) is 11.4 Å². The van der Waals surface area contributed by atoms with Crippen LogP contribution in [0.2, 0.25) is 0 Å². The second kappa shape index (κ2) is 4.85. The van der Waals surface area contributed by atoms with E-state index in [1.165, 1.54) is 0 Å². The summed E-state index contributed by atoms with van der Waals surface area (Å²) in [7, 11) is 1.94. The molecule has 0 atom stereocenters. The summed E-state index contributed by atoms with van der Waals surface area (Å²) in [6.07, 6.45) is 0. The van der Waals surface area contributed by atoms with Crippen LogP contribution in [0.5, 0.6) is 0 Å². The van der Waals surface area contributed by atoms with Crippen LogP contribution in [0.3, 0.4) is 0 Å². The molecule has 1 aromatic carbocycles. The van der Waals surface area contributed by atoms with E-state index in [4.69, 9.17) is 11.0 Å². The third-order valence-electron chi connectivity index (χ3n) is 2.43. The molecule has 0 saturated heterocycles. The zero-order chi connectivity index (χ0) is 12.3. The Bertz CT molecular complexity index is 542. The first kappa shape index (κ1) is 11.4. The molecule has 1 aromatic heterocycles. The van der Waals surface area contributed by atoms with Gasteiger partial charge in [-0.3, -0.25) is 0 Å². The number of rotatable bonds is 3. The molecule has 1 heterocycles. The molecule has 0 aliphatic carbocycles. The maximum atomic E-state index is 9.07. The monoisotopic (exact) mass is 244 g/mol. The molecule has 2 N–H and O–H groups in total. The van der Waals surface area contributed by atoms with Gasteiger partial charge in [-0.1, -0.05) is 0 Å². The van der Waals surface area contributed by atoms with Gasteiger partial charge in [0.2, 0.25) is 0 Å². The van der Waals surface area contributed by atoms with E-state index in [0.29, 0.717) is 17.8 Å². The van der Waals surface area contributed by atoms with E-state index in [9.17, 15) is 0 Å². The fourth-order valence-electron chi connectivity index (χ4n) is 1.62. The van der Waals surface area contributed by atoms with Crippen molar-refractivity contribution in [3.63, 3.8) is 0 Å². The molecular formula is C12H12N4S. The molecule has 5 heteroatoms. The number of nitrogen functional groups attached to an aromatic ring is 1. The number of aromatic nitrogens is 1. The predicted molar refractivity (Wildman–Crippen MR) is 69.8 cm³/mol. The van der Waals surface area contributed by atoms with Crippen molar-refractivity contribution in [3.8, 4) is 6.07 Å². The number of nitrogens with zero attached hydrogens (tertiary/aromatic N) is 3. The van der Waals surface area contributed by atoms with Gasteiger partial charge in [0.25, 0.3) is 0 Å². The average Bonchev–Trinajstić information content (AvgIpc) is 2.81. The Morgan fingerprint density at radius 2 is 2.35 bits per heavy atom. The van der Waals surface area contributed by atoms with E-state index in [1.807, 2.05) is 23.4 Å². The Labute approximate surface area is 104 Å². The van der Waals surface area contributed by atoms with Gasteiger partial charge in [0.1, 0.15) is 6.07 Å². The highest BCUT2D eigenvalue weighted by Gasteiger charge is 2.08. The Balaban J connectivity index is 2.25. The maximum Gasteiger partial charge on any atom is 0.101 e. The van der Waals surface area contributed by atoms with Crippen molar-refractivity contribution >= 4 is 22.7 Å². The van der Waals surface area contributed by atoms with Crippen LogP contribution in [-0.2, 0) is 6.54 Å². The zero-order valence-corrected chi connectivity index (χ0v) is 10.2. The van der Waals surface area contributed by atoms with Crippen LogP contribution in [0.15, 0.2) is 29.1 Å². The van der Waals surface area contributed by atoms with Gasteiger partial charge in [-0.15, -0.1) is 11.3 Å². The zero-order valence-electron chi connectivity index (χ0n) is 9.42. The lowest BCUT2D eigenvalue weighted by atomic mass is 10.1. The second-order valence-electron chi connectivity index (χ2n) is 3.72. The largest absolute Gasteiger partial charge is 0.399 e. The molecule has 0 amide bonds.